The molecule has 102 valence electrons. The first-order valence-corrected chi connectivity index (χ1v) is 6.95. The Morgan fingerprint density at radius 2 is 1.72 bits per heavy atom. The minimum Gasteiger partial charge on any atom is -0.396 e. The highest BCUT2D eigenvalue weighted by molar-refractivity contribution is 6.07. The standard InChI is InChI=1S/C13H22N2O3/c16-10-6-9-15-11(17)13(14-12(15)18)7-4-2-1-3-5-8-13/h16H,1-10H2,(H,14,18). The Kier molecular flexibility index (Phi) is 4.22. The van der Waals surface area contributed by atoms with Crippen molar-refractivity contribution >= 4 is 11.9 Å². The molecule has 0 radical (unpaired) electrons. The predicted molar refractivity (Wildman–Crippen MR) is 67.0 cm³/mol. The normalized spacial score (nSPS) is 23.9. The molecule has 5 heteroatoms. The average molecular weight is 254 g/mol. The van der Waals surface area contributed by atoms with Crippen molar-refractivity contribution in [3.05, 3.63) is 0 Å². The molecule has 1 spiro atoms. The van der Waals surface area contributed by atoms with Gasteiger partial charge >= 0.3 is 6.03 Å². The summed E-state index contributed by atoms with van der Waals surface area (Å²) in [6.45, 7) is 0.326. The number of nitrogens with zero attached hydrogens (tertiary/aromatic N) is 1. The molecule has 0 aromatic rings. The molecule has 0 aromatic carbocycles. The van der Waals surface area contributed by atoms with Gasteiger partial charge in [-0.05, 0) is 19.3 Å². The van der Waals surface area contributed by atoms with Crippen molar-refractivity contribution in [1.29, 1.82) is 0 Å². The van der Waals surface area contributed by atoms with Gasteiger partial charge in [-0.3, -0.25) is 9.69 Å². The summed E-state index contributed by atoms with van der Waals surface area (Å²) in [6.07, 6.45) is 7.48. The number of imide groups is 1. The second-order valence-corrected chi connectivity index (χ2v) is 5.31. The third-order valence-electron chi connectivity index (χ3n) is 3.99. The van der Waals surface area contributed by atoms with Crippen molar-refractivity contribution in [3.8, 4) is 0 Å². The number of nitrogens with one attached hydrogen (secondary N) is 1. The van der Waals surface area contributed by atoms with E-state index in [1.165, 1.54) is 11.3 Å². The molecule has 2 rings (SSSR count). The molecule has 3 amide bonds. The zero-order valence-electron chi connectivity index (χ0n) is 10.8. The first-order valence-electron chi connectivity index (χ1n) is 6.95. The van der Waals surface area contributed by atoms with Crippen molar-refractivity contribution in [3.63, 3.8) is 0 Å². The summed E-state index contributed by atoms with van der Waals surface area (Å²) >= 11 is 0. The van der Waals surface area contributed by atoms with Crippen molar-refractivity contribution in [1.82, 2.24) is 10.2 Å². The van der Waals surface area contributed by atoms with Gasteiger partial charge < -0.3 is 10.4 Å². The first kappa shape index (κ1) is 13.3. The van der Waals surface area contributed by atoms with Crippen LogP contribution < -0.4 is 5.32 Å². The third-order valence-corrected chi connectivity index (χ3v) is 3.99. The fourth-order valence-corrected chi connectivity index (χ4v) is 2.96. The lowest BCUT2D eigenvalue weighted by molar-refractivity contribution is -0.132. The smallest absolute Gasteiger partial charge is 0.325 e. The van der Waals surface area contributed by atoms with Gasteiger partial charge in [0.2, 0.25) is 0 Å². The van der Waals surface area contributed by atoms with E-state index >= 15 is 0 Å². The fourth-order valence-electron chi connectivity index (χ4n) is 2.96. The van der Waals surface area contributed by atoms with E-state index in [1.54, 1.807) is 0 Å². The zero-order valence-corrected chi connectivity index (χ0v) is 10.8. The van der Waals surface area contributed by atoms with Crippen LogP contribution in [0.25, 0.3) is 0 Å². The van der Waals surface area contributed by atoms with E-state index < -0.39 is 5.54 Å². The molecule has 0 bridgehead atoms. The topological polar surface area (TPSA) is 69.6 Å². The highest BCUT2D eigenvalue weighted by Gasteiger charge is 2.49. The molecule has 2 N–H and O–H groups in total. The first-order chi connectivity index (χ1) is 8.69. The van der Waals surface area contributed by atoms with Crippen LogP contribution in [0.1, 0.15) is 51.4 Å². The predicted octanol–water partition coefficient (Wildman–Crippen LogP) is 1.40. The van der Waals surface area contributed by atoms with Crippen LogP contribution in [0.3, 0.4) is 0 Å². The number of urea groups is 1. The largest absolute Gasteiger partial charge is 0.396 e. The number of amides is 3. The van der Waals surface area contributed by atoms with Crippen LogP contribution in [0.4, 0.5) is 4.79 Å². The van der Waals surface area contributed by atoms with E-state index in [4.69, 9.17) is 5.11 Å². The number of hydrogen-bond donors (Lipinski definition) is 2. The van der Waals surface area contributed by atoms with Gasteiger partial charge in [0.15, 0.2) is 0 Å². The van der Waals surface area contributed by atoms with E-state index in [1.807, 2.05) is 0 Å². The second-order valence-electron chi connectivity index (χ2n) is 5.31. The van der Waals surface area contributed by atoms with Crippen LogP contribution in [0.15, 0.2) is 0 Å². The van der Waals surface area contributed by atoms with E-state index in [-0.39, 0.29) is 18.5 Å². The number of carbonyl (C=O) groups is 2. The lowest BCUT2D eigenvalue weighted by Crippen LogP contribution is -2.47. The van der Waals surface area contributed by atoms with Crippen LogP contribution in [0.2, 0.25) is 0 Å². The Hall–Kier alpha value is -1.10. The van der Waals surface area contributed by atoms with E-state index in [9.17, 15) is 9.59 Å². The minimum absolute atomic E-state index is 0.00403. The summed E-state index contributed by atoms with van der Waals surface area (Å²) in [5, 5.41) is 11.7. The highest BCUT2D eigenvalue weighted by atomic mass is 16.3. The summed E-state index contributed by atoms with van der Waals surface area (Å²) in [5.41, 5.74) is -0.646. The molecule has 5 nitrogen and oxygen atoms in total. The SMILES string of the molecule is O=C1NC2(CCCCCCC2)C(=O)N1CCCO. The average Bonchev–Trinajstić information content (AvgIpc) is 2.55. The lowest BCUT2D eigenvalue weighted by atomic mass is 9.84. The van der Waals surface area contributed by atoms with E-state index in [0.717, 1.165) is 38.5 Å². The molecule has 1 saturated carbocycles. The van der Waals surface area contributed by atoms with Crippen LogP contribution in [-0.2, 0) is 4.79 Å². The molecule has 0 atom stereocenters. The second kappa shape index (κ2) is 5.69. The van der Waals surface area contributed by atoms with Gasteiger partial charge in [-0.25, -0.2) is 4.79 Å². The van der Waals surface area contributed by atoms with Crippen LogP contribution in [-0.4, -0.2) is 40.6 Å². The van der Waals surface area contributed by atoms with Gasteiger partial charge in [-0.2, -0.15) is 0 Å². The third kappa shape index (κ3) is 2.51. The lowest BCUT2D eigenvalue weighted by Gasteiger charge is -2.28. The Morgan fingerprint density at radius 1 is 1.11 bits per heavy atom. The molecular formula is C13H22N2O3. The Balaban J connectivity index is 2.08. The van der Waals surface area contributed by atoms with Crippen molar-refractivity contribution < 1.29 is 14.7 Å². The van der Waals surface area contributed by atoms with Crippen LogP contribution in [0, 0.1) is 0 Å². The van der Waals surface area contributed by atoms with Gasteiger partial charge in [0.05, 0.1) is 0 Å². The summed E-state index contributed by atoms with van der Waals surface area (Å²) in [5.74, 6) is -0.0807. The van der Waals surface area contributed by atoms with E-state index in [2.05, 4.69) is 5.32 Å². The van der Waals surface area contributed by atoms with Gasteiger partial charge in [-0.1, -0.05) is 32.1 Å². The fraction of sp³-hybridized carbons (Fsp3) is 0.846. The van der Waals surface area contributed by atoms with Gasteiger partial charge in [-0.15, -0.1) is 0 Å². The number of rotatable bonds is 3. The molecule has 1 saturated heterocycles. The van der Waals surface area contributed by atoms with Gasteiger partial charge in [0, 0.05) is 13.2 Å². The Morgan fingerprint density at radius 3 is 2.33 bits per heavy atom. The van der Waals surface area contributed by atoms with Crippen LogP contribution >= 0.6 is 0 Å². The Labute approximate surface area is 108 Å². The van der Waals surface area contributed by atoms with Crippen molar-refractivity contribution in [2.24, 2.45) is 0 Å². The number of aliphatic hydroxyl groups is 1. The summed E-state index contributed by atoms with van der Waals surface area (Å²) in [4.78, 5) is 25.6. The molecule has 0 unspecified atom stereocenters. The summed E-state index contributed by atoms with van der Waals surface area (Å²) in [7, 11) is 0. The van der Waals surface area contributed by atoms with Crippen molar-refractivity contribution in [2.75, 3.05) is 13.2 Å². The monoisotopic (exact) mass is 254 g/mol. The number of carbonyl (C=O) groups excluding carboxylic acids is 2. The molecule has 1 aliphatic heterocycles. The maximum absolute atomic E-state index is 12.4. The van der Waals surface area contributed by atoms with Gasteiger partial charge in [0.1, 0.15) is 5.54 Å². The molecule has 1 aliphatic carbocycles. The summed E-state index contributed by atoms with van der Waals surface area (Å²) in [6, 6.07) is -0.283. The molecular weight excluding hydrogens is 232 g/mol. The quantitative estimate of drug-likeness (QED) is 0.748. The highest BCUT2D eigenvalue weighted by Crippen LogP contribution is 2.31. The maximum Gasteiger partial charge on any atom is 0.325 e. The number of hydrogen-bond acceptors (Lipinski definition) is 3. The maximum atomic E-state index is 12.4. The van der Waals surface area contributed by atoms with E-state index in [0.29, 0.717) is 13.0 Å². The van der Waals surface area contributed by atoms with Gasteiger partial charge in [0.25, 0.3) is 5.91 Å². The summed E-state index contributed by atoms with van der Waals surface area (Å²) < 4.78 is 0. The molecule has 1 heterocycles. The number of aliphatic hydroxyl groups excluding tert-OH is 1. The molecule has 18 heavy (non-hydrogen) atoms. The molecule has 2 aliphatic rings. The van der Waals surface area contributed by atoms with Crippen molar-refractivity contribution in [2.45, 2.75) is 56.9 Å². The minimum atomic E-state index is -0.646. The van der Waals surface area contributed by atoms with Crippen LogP contribution in [0.5, 0.6) is 0 Å². The zero-order chi connectivity index (χ0) is 13.0. The Bertz CT molecular complexity index is 322. The molecule has 2 fully saturated rings. The molecule has 0 aromatic heterocycles.